The number of nitrogens with zero attached hydrogens (tertiary/aromatic N) is 1. The number of carbonyl (C=O) groups is 2. The van der Waals surface area contributed by atoms with Gasteiger partial charge in [-0.3, -0.25) is 5.21 Å². The van der Waals surface area contributed by atoms with Crippen LogP contribution >= 0.6 is 0 Å². The van der Waals surface area contributed by atoms with Gasteiger partial charge in [-0.1, -0.05) is 36.4 Å². The molecule has 7 heteroatoms. The summed E-state index contributed by atoms with van der Waals surface area (Å²) in [5, 5.41) is 12.1. The van der Waals surface area contributed by atoms with Crippen LogP contribution in [-0.4, -0.2) is 41.9 Å². The molecule has 2 rings (SSSR count). The molecule has 0 radical (unpaired) electrons. The highest BCUT2D eigenvalue weighted by molar-refractivity contribution is 6.36. The van der Waals surface area contributed by atoms with Gasteiger partial charge in [0.2, 0.25) is 0 Å². The highest BCUT2D eigenvalue weighted by Gasteiger charge is 2.45. The predicted octanol–water partition coefficient (Wildman–Crippen LogP) is 1.72. The molecular formula is C17H19NO6. The van der Waals surface area contributed by atoms with E-state index in [-0.39, 0.29) is 23.8 Å². The Hall–Kier alpha value is -2.83. The van der Waals surface area contributed by atoms with Gasteiger partial charge in [0.05, 0.1) is 18.1 Å². The Morgan fingerprint density at radius 1 is 1.21 bits per heavy atom. The minimum atomic E-state index is -0.811. The molecule has 1 heterocycles. The Bertz CT molecular complexity index is 652. The Kier molecular flexibility index (Phi) is 5.95. The molecule has 128 valence electrons. The van der Waals surface area contributed by atoms with Crippen molar-refractivity contribution in [2.45, 2.75) is 25.9 Å². The van der Waals surface area contributed by atoms with Crippen LogP contribution in [0.1, 0.15) is 25.3 Å². The summed E-state index contributed by atoms with van der Waals surface area (Å²) in [5.74, 6) is -1.96. The molecule has 1 aromatic rings. The van der Waals surface area contributed by atoms with Crippen molar-refractivity contribution in [3.63, 3.8) is 0 Å². The molecule has 24 heavy (non-hydrogen) atoms. The molecule has 2 atom stereocenters. The average molecular weight is 333 g/mol. The fourth-order valence-electron chi connectivity index (χ4n) is 2.42. The topological polar surface area (TPSA) is 87.9 Å². The van der Waals surface area contributed by atoms with Gasteiger partial charge >= 0.3 is 17.7 Å². The molecule has 0 aliphatic carbocycles. The van der Waals surface area contributed by atoms with E-state index in [9.17, 15) is 14.8 Å². The number of ether oxygens (including phenoxy) is 2. The summed E-state index contributed by atoms with van der Waals surface area (Å²) in [6, 6.07) is 8.95. The first-order valence-corrected chi connectivity index (χ1v) is 7.66. The van der Waals surface area contributed by atoms with Crippen LogP contribution in [0.15, 0.2) is 42.5 Å². The maximum Gasteiger partial charge on any atom is 0.405 e. The summed E-state index contributed by atoms with van der Waals surface area (Å²) in [6.07, 6.45) is 1.78. The summed E-state index contributed by atoms with van der Waals surface area (Å²) in [4.78, 5) is 29.0. The van der Waals surface area contributed by atoms with Crippen LogP contribution in [0.3, 0.4) is 0 Å². The maximum atomic E-state index is 12.1. The van der Waals surface area contributed by atoms with Gasteiger partial charge in [-0.05, 0) is 19.4 Å². The number of hydrogen-bond acceptors (Lipinski definition) is 6. The number of hydrogen-bond donors (Lipinski definition) is 0. The lowest BCUT2D eigenvalue weighted by atomic mass is 9.89. The van der Waals surface area contributed by atoms with Gasteiger partial charge in [-0.25, -0.2) is 9.59 Å². The third-order valence-electron chi connectivity index (χ3n) is 3.39. The second kappa shape index (κ2) is 8.14. The third kappa shape index (κ3) is 3.92. The first-order chi connectivity index (χ1) is 11.6. The number of benzene rings is 1. The summed E-state index contributed by atoms with van der Waals surface area (Å²) in [7, 11) is 0. The highest BCUT2D eigenvalue weighted by atomic mass is 16.9. The van der Waals surface area contributed by atoms with E-state index >= 15 is 0 Å². The average Bonchev–Trinajstić information content (AvgIpc) is 2.91. The van der Waals surface area contributed by atoms with Crippen molar-refractivity contribution in [1.82, 2.24) is 0 Å². The summed E-state index contributed by atoms with van der Waals surface area (Å²) < 4.78 is 9.76. The zero-order valence-electron chi connectivity index (χ0n) is 13.5. The zero-order chi connectivity index (χ0) is 17.5. The molecule has 1 aromatic carbocycles. The van der Waals surface area contributed by atoms with Crippen LogP contribution in [0, 0.1) is 5.21 Å². The molecule has 0 fully saturated rings. The Morgan fingerprint density at radius 3 is 2.50 bits per heavy atom. The van der Waals surface area contributed by atoms with Gasteiger partial charge in [0.25, 0.3) is 0 Å². The van der Waals surface area contributed by atoms with E-state index in [2.05, 4.69) is 0 Å². The monoisotopic (exact) mass is 333 g/mol. The van der Waals surface area contributed by atoms with Crippen LogP contribution in [0.25, 0.3) is 0 Å². The van der Waals surface area contributed by atoms with Gasteiger partial charge in [-0.15, -0.1) is 0 Å². The molecule has 1 aliphatic rings. The van der Waals surface area contributed by atoms with E-state index in [1.165, 1.54) is 12.2 Å². The van der Waals surface area contributed by atoms with Crippen molar-refractivity contribution in [3.8, 4) is 0 Å². The maximum absolute atomic E-state index is 12.1. The van der Waals surface area contributed by atoms with Crippen molar-refractivity contribution in [2.75, 3.05) is 13.2 Å². The lowest BCUT2D eigenvalue weighted by Crippen LogP contribution is -2.29. The molecule has 0 saturated heterocycles. The van der Waals surface area contributed by atoms with Crippen molar-refractivity contribution in [2.24, 2.45) is 0 Å². The fourth-order valence-corrected chi connectivity index (χ4v) is 2.42. The Balaban J connectivity index is 2.33. The predicted molar refractivity (Wildman–Crippen MR) is 85.1 cm³/mol. The molecule has 0 saturated carbocycles. The SMILES string of the molecule is CCOC(=O)/C=C\C1O[N+]([O-])=C(C(=O)OCC)C1c1ccccc1. The standard InChI is InChI=1S/C17H19NO6/c1-3-22-14(19)11-10-13-15(12-8-6-5-7-9-12)16(18(21)24-13)17(20)23-4-2/h5-11,13,15H,3-4H2,1-2H3/b11-10-. The van der Waals surface area contributed by atoms with Crippen molar-refractivity contribution in [1.29, 1.82) is 0 Å². The lowest BCUT2D eigenvalue weighted by molar-refractivity contribution is -0.737. The minimum Gasteiger partial charge on any atom is -0.463 e. The third-order valence-corrected chi connectivity index (χ3v) is 3.39. The molecule has 0 N–H and O–H groups in total. The van der Waals surface area contributed by atoms with E-state index in [4.69, 9.17) is 14.3 Å². The van der Waals surface area contributed by atoms with Crippen molar-refractivity contribution >= 4 is 17.7 Å². The van der Waals surface area contributed by atoms with E-state index in [0.29, 0.717) is 5.56 Å². The molecule has 0 bridgehead atoms. The first-order valence-electron chi connectivity index (χ1n) is 7.66. The van der Waals surface area contributed by atoms with Crippen LogP contribution < -0.4 is 0 Å². The van der Waals surface area contributed by atoms with Gasteiger partial charge in [0.15, 0.2) is 0 Å². The fraction of sp³-hybridized carbons (Fsp3) is 0.353. The molecule has 0 amide bonds. The van der Waals surface area contributed by atoms with E-state index in [1.807, 2.05) is 6.07 Å². The van der Waals surface area contributed by atoms with E-state index in [1.54, 1.807) is 38.1 Å². The summed E-state index contributed by atoms with van der Waals surface area (Å²) in [6.45, 7) is 3.72. The quantitative estimate of drug-likeness (QED) is 0.447. The Labute approximate surface area is 139 Å². The van der Waals surface area contributed by atoms with Gasteiger partial charge in [0.1, 0.15) is 12.0 Å². The van der Waals surface area contributed by atoms with Crippen LogP contribution in [0.4, 0.5) is 0 Å². The molecule has 7 nitrogen and oxygen atoms in total. The summed E-state index contributed by atoms with van der Waals surface area (Å²) >= 11 is 0. The molecule has 0 aromatic heterocycles. The van der Waals surface area contributed by atoms with Gasteiger partial charge < -0.3 is 14.3 Å². The van der Waals surface area contributed by atoms with E-state index < -0.39 is 24.0 Å². The molecular weight excluding hydrogens is 314 g/mol. The highest BCUT2D eigenvalue weighted by Crippen LogP contribution is 2.30. The minimum absolute atomic E-state index is 0.140. The summed E-state index contributed by atoms with van der Waals surface area (Å²) in [5.41, 5.74) is 0.555. The van der Waals surface area contributed by atoms with Crippen molar-refractivity contribution in [3.05, 3.63) is 53.3 Å². The second-order valence-electron chi connectivity index (χ2n) is 4.93. The van der Waals surface area contributed by atoms with Gasteiger partial charge in [-0.2, -0.15) is 0 Å². The molecule has 0 spiro atoms. The Morgan fingerprint density at radius 2 is 1.88 bits per heavy atom. The van der Waals surface area contributed by atoms with Crippen LogP contribution in [0.2, 0.25) is 0 Å². The number of carbonyl (C=O) groups excluding carboxylic acids is 2. The zero-order valence-corrected chi connectivity index (χ0v) is 13.5. The lowest BCUT2D eigenvalue weighted by Gasteiger charge is -2.15. The molecule has 1 aliphatic heterocycles. The van der Waals surface area contributed by atoms with Crippen LogP contribution in [-0.2, 0) is 23.9 Å². The number of rotatable bonds is 6. The molecule has 2 unspecified atom stereocenters. The van der Waals surface area contributed by atoms with Crippen LogP contribution in [0.5, 0.6) is 0 Å². The van der Waals surface area contributed by atoms with Crippen molar-refractivity contribution < 1.29 is 28.8 Å². The second-order valence-corrected chi connectivity index (χ2v) is 4.93. The van der Waals surface area contributed by atoms with Gasteiger partial charge in [0, 0.05) is 6.08 Å². The largest absolute Gasteiger partial charge is 0.463 e. The number of esters is 2. The van der Waals surface area contributed by atoms with E-state index in [0.717, 1.165) is 0 Å². The normalized spacial score (nSPS) is 20.1. The smallest absolute Gasteiger partial charge is 0.405 e. The first kappa shape index (κ1) is 17.5.